The molecule has 0 amide bonds. The maximum absolute atomic E-state index is 8.65. The zero-order valence-corrected chi connectivity index (χ0v) is 39.8. The molecule has 3 aromatic heterocycles. The van der Waals surface area contributed by atoms with Crippen molar-refractivity contribution in [2.24, 2.45) is 0 Å². The second-order valence-corrected chi connectivity index (χ2v) is 18.0. The third-order valence-electron chi connectivity index (χ3n) is 13.5. The molecule has 0 bridgehead atoms. The summed E-state index contributed by atoms with van der Waals surface area (Å²) in [6.45, 7) is 0. The van der Waals surface area contributed by atoms with Gasteiger partial charge in [0.05, 0.1) is 40.4 Å². The van der Waals surface area contributed by atoms with Gasteiger partial charge in [0, 0.05) is 40.8 Å². The number of benzene rings is 10. The second-order valence-electron chi connectivity index (χ2n) is 18.0. The van der Waals surface area contributed by atoms with Crippen LogP contribution in [0.1, 0.15) is 11.0 Å². The van der Waals surface area contributed by atoms with Crippen LogP contribution in [-0.2, 0) is 0 Å². The van der Waals surface area contributed by atoms with Crippen molar-refractivity contribution >= 4 is 10.8 Å². The number of nitrogens with zero attached hydrogens (tertiary/aromatic N) is 5. The van der Waals surface area contributed by atoms with Gasteiger partial charge in [-0.15, -0.1) is 0 Å². The predicted molar refractivity (Wildman–Crippen MR) is 305 cm³/mol. The maximum atomic E-state index is 8.65. The standard InChI is InChI=1S/C69H47N5/c1-4-19-48(20-5-1)65-36-37-66(68-34-17-16-33-67(65)68)49-21-18-22-50(39-49)69-38-35-51(43-70-69)59-27-10-11-28-60(59)52-40-53(61-29-12-14-31-63(61)55-44-71-73(46-55)57-23-6-2-7-24-57)42-54(41-52)62-30-13-15-32-64(62)56-45-72-74(47-56)58-25-8-3-9-26-58/h1-47H/i2D,3D,6D,7D,8D,9D,23D,25D. The molecule has 0 aliphatic heterocycles. The Morgan fingerprint density at radius 3 is 1.23 bits per heavy atom. The van der Waals surface area contributed by atoms with E-state index in [-0.39, 0.29) is 59.7 Å². The number of rotatable bonds is 11. The van der Waals surface area contributed by atoms with Crippen molar-refractivity contribution in [2.75, 3.05) is 0 Å². The first kappa shape index (κ1) is 36.0. The molecule has 0 radical (unpaired) electrons. The van der Waals surface area contributed by atoms with Crippen molar-refractivity contribution in [3.05, 3.63) is 286 Å². The summed E-state index contributed by atoms with van der Waals surface area (Å²) < 4.78 is 69.8. The van der Waals surface area contributed by atoms with Gasteiger partial charge in [0.25, 0.3) is 0 Å². The van der Waals surface area contributed by atoms with Crippen LogP contribution in [0.4, 0.5) is 0 Å². The highest BCUT2D eigenvalue weighted by Crippen LogP contribution is 2.43. The summed E-state index contributed by atoms with van der Waals surface area (Å²) in [5, 5.41) is 11.6. The van der Waals surface area contributed by atoms with E-state index in [4.69, 9.17) is 16.0 Å². The highest BCUT2D eigenvalue weighted by atomic mass is 15.3. The zero-order valence-electron chi connectivity index (χ0n) is 47.8. The van der Waals surface area contributed by atoms with Crippen LogP contribution in [0.25, 0.3) is 122 Å². The molecule has 0 aliphatic rings. The summed E-state index contributed by atoms with van der Waals surface area (Å²) in [7, 11) is 0. The van der Waals surface area contributed by atoms with Gasteiger partial charge in [-0.1, -0.05) is 200 Å². The summed E-state index contributed by atoms with van der Waals surface area (Å²) in [6.07, 6.45) is 8.92. The maximum Gasteiger partial charge on any atom is 0.0702 e. The summed E-state index contributed by atoms with van der Waals surface area (Å²) >= 11 is 0. The number of pyridine rings is 1. The van der Waals surface area contributed by atoms with E-state index in [2.05, 4.69) is 150 Å². The Bertz CT molecular complexity index is 4470. The van der Waals surface area contributed by atoms with E-state index in [1.807, 2.05) is 60.8 Å². The van der Waals surface area contributed by atoms with Gasteiger partial charge < -0.3 is 0 Å². The lowest BCUT2D eigenvalue weighted by atomic mass is 9.87. The third kappa shape index (κ3) is 8.48. The molecule has 74 heavy (non-hydrogen) atoms. The number of hydrogen-bond acceptors (Lipinski definition) is 3. The fourth-order valence-electron chi connectivity index (χ4n) is 10.0. The van der Waals surface area contributed by atoms with Crippen LogP contribution in [0.3, 0.4) is 0 Å². The Morgan fingerprint density at radius 1 is 0.284 bits per heavy atom. The average Bonchev–Trinajstić information content (AvgIpc) is 4.33. The molecule has 0 fully saturated rings. The molecule has 0 spiro atoms. The first-order valence-corrected chi connectivity index (χ1v) is 24.3. The molecule has 0 saturated heterocycles. The van der Waals surface area contributed by atoms with Gasteiger partial charge in [-0.05, 0) is 138 Å². The van der Waals surface area contributed by atoms with Gasteiger partial charge in [0.2, 0.25) is 0 Å². The first-order chi connectivity index (χ1) is 40.0. The lowest BCUT2D eigenvalue weighted by Gasteiger charge is -2.17. The fourth-order valence-corrected chi connectivity index (χ4v) is 10.0. The molecule has 5 heteroatoms. The van der Waals surface area contributed by atoms with Crippen molar-refractivity contribution in [3.63, 3.8) is 0 Å². The average molecular weight is 954 g/mol. The van der Waals surface area contributed by atoms with E-state index < -0.39 is 0 Å². The molecule has 348 valence electrons. The fraction of sp³-hybridized carbons (Fsp3) is 0. The number of hydrogen-bond donors (Lipinski definition) is 0. The quantitative estimate of drug-likeness (QED) is 0.130. The molecule has 0 aliphatic carbocycles. The molecule has 13 aromatic rings. The van der Waals surface area contributed by atoms with Crippen molar-refractivity contribution in [1.29, 1.82) is 0 Å². The summed E-state index contributed by atoms with van der Waals surface area (Å²) in [4.78, 5) is 5.12. The summed E-state index contributed by atoms with van der Waals surface area (Å²) in [5.41, 5.74) is 17.5. The normalized spacial score (nSPS) is 12.8. The number of fused-ring (bicyclic) bond motifs is 1. The van der Waals surface area contributed by atoms with Crippen LogP contribution in [0.15, 0.2) is 286 Å². The number of aromatic nitrogens is 5. The monoisotopic (exact) mass is 953 g/mol. The van der Waals surface area contributed by atoms with E-state index in [1.54, 1.807) is 24.8 Å². The van der Waals surface area contributed by atoms with Gasteiger partial charge in [-0.25, -0.2) is 9.36 Å². The van der Waals surface area contributed by atoms with E-state index >= 15 is 0 Å². The number of para-hydroxylation sites is 2. The minimum atomic E-state index is -0.336. The van der Waals surface area contributed by atoms with Crippen LogP contribution < -0.4 is 0 Å². The first-order valence-electron chi connectivity index (χ1n) is 28.3. The Morgan fingerprint density at radius 2 is 0.716 bits per heavy atom. The minimum absolute atomic E-state index is 0.161. The molecule has 5 nitrogen and oxygen atoms in total. The molecule has 13 rings (SSSR count). The Balaban J connectivity index is 0.911. The summed E-state index contributed by atoms with van der Waals surface area (Å²) in [5.74, 6) is 0. The molecule has 0 unspecified atom stereocenters. The van der Waals surface area contributed by atoms with Crippen molar-refractivity contribution in [2.45, 2.75) is 0 Å². The SMILES string of the molecule is [2H]c1cc(-n2cc(-c3ccccc3-c3cc(-c4ccccc4-c4ccc(-c5cccc(-c6ccc(-c7ccccc7)c7ccccc67)c5)nc4)cc(-c4ccccc4-c4cnn(-c5cc([2H])c([2H])c([2H])c5[2H])c4)c3)cn2)c([2H])c([2H])c1[2H]. The van der Waals surface area contributed by atoms with E-state index in [0.717, 1.165) is 89.1 Å². The van der Waals surface area contributed by atoms with E-state index in [9.17, 15) is 0 Å². The van der Waals surface area contributed by atoms with Crippen LogP contribution in [0.2, 0.25) is 0 Å². The highest BCUT2D eigenvalue weighted by molar-refractivity contribution is 6.05. The Kier molecular flexibility index (Phi) is 9.41. The zero-order chi connectivity index (χ0) is 56.2. The van der Waals surface area contributed by atoms with Crippen LogP contribution in [0, 0.1) is 0 Å². The Hall–Kier alpha value is -9.97. The van der Waals surface area contributed by atoms with Gasteiger partial charge in [-0.3, -0.25) is 4.98 Å². The highest BCUT2D eigenvalue weighted by Gasteiger charge is 2.18. The van der Waals surface area contributed by atoms with Gasteiger partial charge in [0.15, 0.2) is 0 Å². The van der Waals surface area contributed by atoms with Gasteiger partial charge in [0.1, 0.15) is 0 Å². The molecular weight excluding hydrogens is 899 g/mol. The largest absolute Gasteiger partial charge is 0.256 e. The van der Waals surface area contributed by atoms with Gasteiger partial charge >= 0.3 is 0 Å². The molecule has 10 aromatic carbocycles. The van der Waals surface area contributed by atoms with Crippen molar-refractivity contribution in [1.82, 2.24) is 24.5 Å². The van der Waals surface area contributed by atoms with Crippen LogP contribution in [0.5, 0.6) is 0 Å². The second kappa shape index (κ2) is 19.3. The minimum Gasteiger partial charge on any atom is -0.256 e. The van der Waals surface area contributed by atoms with Gasteiger partial charge in [-0.2, -0.15) is 10.2 Å². The van der Waals surface area contributed by atoms with E-state index in [1.165, 1.54) is 43.4 Å². The lowest BCUT2D eigenvalue weighted by Crippen LogP contribution is -1.93. The lowest BCUT2D eigenvalue weighted by molar-refractivity contribution is 0.881. The predicted octanol–water partition coefficient (Wildman–Crippen LogP) is 17.6. The van der Waals surface area contributed by atoms with Crippen LogP contribution >= 0.6 is 0 Å². The molecule has 0 saturated carbocycles. The topological polar surface area (TPSA) is 48.5 Å². The third-order valence-corrected chi connectivity index (χ3v) is 13.5. The smallest absolute Gasteiger partial charge is 0.0702 e. The van der Waals surface area contributed by atoms with Crippen molar-refractivity contribution < 1.29 is 11.0 Å². The molecule has 0 atom stereocenters. The Labute approximate surface area is 441 Å². The molecule has 3 heterocycles. The summed E-state index contributed by atoms with van der Waals surface area (Å²) in [6, 6.07) is 68.0. The molecule has 0 N–H and O–H groups in total. The van der Waals surface area contributed by atoms with E-state index in [0.29, 0.717) is 0 Å². The van der Waals surface area contributed by atoms with Crippen molar-refractivity contribution in [3.8, 4) is 112 Å². The molecular formula is C69H47N5. The van der Waals surface area contributed by atoms with Crippen LogP contribution in [-0.4, -0.2) is 24.5 Å².